The van der Waals surface area contributed by atoms with Crippen molar-refractivity contribution in [3.63, 3.8) is 0 Å². The van der Waals surface area contributed by atoms with E-state index in [9.17, 15) is 13.2 Å². The van der Waals surface area contributed by atoms with Crippen LogP contribution in [0.4, 0.5) is 18.9 Å². The summed E-state index contributed by atoms with van der Waals surface area (Å²) in [6.45, 7) is 4.98. The van der Waals surface area contributed by atoms with Gasteiger partial charge in [-0.25, -0.2) is 0 Å². The van der Waals surface area contributed by atoms with Gasteiger partial charge in [-0.05, 0) is 72.9 Å². The number of nitrogens with zero attached hydrogens (tertiary/aromatic N) is 2. The van der Waals surface area contributed by atoms with Crippen molar-refractivity contribution in [3.05, 3.63) is 45.2 Å². The molecule has 152 valence electrons. The number of benzene rings is 1. The highest BCUT2D eigenvalue weighted by Crippen LogP contribution is 2.46. The number of aryl methyl sites for hydroxylation is 3. The molecule has 1 aromatic heterocycles. The van der Waals surface area contributed by atoms with Crippen molar-refractivity contribution in [1.82, 2.24) is 15.1 Å². The second-order valence-electron chi connectivity index (χ2n) is 7.10. The summed E-state index contributed by atoms with van der Waals surface area (Å²) >= 11 is 8.42. The van der Waals surface area contributed by atoms with Gasteiger partial charge in [-0.2, -0.15) is 18.3 Å². The van der Waals surface area contributed by atoms with Crippen LogP contribution in [0.1, 0.15) is 47.7 Å². The smallest absolute Gasteiger partial charge is 0.362 e. The number of thiocarbonyl (C=S) groups is 1. The molecular weight excluding hydrogens is 453 g/mol. The first-order chi connectivity index (χ1) is 13.2. The number of rotatable bonds is 6. The molecule has 0 saturated heterocycles. The van der Waals surface area contributed by atoms with Gasteiger partial charge in [-0.3, -0.25) is 4.68 Å². The summed E-state index contributed by atoms with van der Waals surface area (Å²) in [6.07, 6.45) is -2.03. The topological polar surface area (TPSA) is 41.9 Å². The summed E-state index contributed by atoms with van der Waals surface area (Å²) in [6, 6.07) is 6.05. The number of anilines is 1. The molecule has 0 amide bonds. The van der Waals surface area contributed by atoms with Gasteiger partial charge in [-0.15, -0.1) is 0 Å². The van der Waals surface area contributed by atoms with Crippen molar-refractivity contribution in [2.75, 3.05) is 11.9 Å². The van der Waals surface area contributed by atoms with E-state index in [0.717, 1.165) is 24.1 Å². The molecule has 28 heavy (non-hydrogen) atoms. The standard InChI is InChI=1S/C19H22BrF3N4S/c1-11-4-7-14(12(2)10-11)25-18(28)24-8-3-9-27-16(13-5-6-13)15(20)17(26-27)19(21,22)23/h4,7,10,13H,3,5-6,8-9H2,1-2H3,(H2,24,25,28). The molecular formula is C19H22BrF3N4S. The molecule has 0 atom stereocenters. The Morgan fingerprint density at radius 2 is 2.04 bits per heavy atom. The molecule has 3 rings (SSSR count). The quantitative estimate of drug-likeness (QED) is 0.426. The first-order valence-corrected chi connectivity index (χ1v) is 10.3. The van der Waals surface area contributed by atoms with E-state index in [4.69, 9.17) is 12.2 Å². The lowest BCUT2D eigenvalue weighted by molar-refractivity contribution is -0.142. The van der Waals surface area contributed by atoms with Crippen LogP contribution in [0.3, 0.4) is 0 Å². The van der Waals surface area contributed by atoms with Crippen LogP contribution in [0, 0.1) is 13.8 Å². The molecule has 9 heteroatoms. The second-order valence-corrected chi connectivity index (χ2v) is 8.30. The molecule has 0 radical (unpaired) electrons. The lowest BCUT2D eigenvalue weighted by Crippen LogP contribution is -2.30. The SMILES string of the molecule is Cc1ccc(NC(=S)NCCCn2nc(C(F)(F)F)c(Br)c2C2CC2)c(C)c1. The maximum Gasteiger partial charge on any atom is 0.436 e. The molecule has 0 spiro atoms. The van der Waals surface area contributed by atoms with E-state index < -0.39 is 11.9 Å². The zero-order valence-electron chi connectivity index (χ0n) is 15.7. The molecule has 0 unspecified atom stereocenters. The van der Waals surface area contributed by atoms with Crippen molar-refractivity contribution in [2.24, 2.45) is 0 Å². The van der Waals surface area contributed by atoms with Gasteiger partial charge in [0.15, 0.2) is 10.8 Å². The van der Waals surface area contributed by atoms with Crippen LogP contribution in [0.15, 0.2) is 22.7 Å². The van der Waals surface area contributed by atoms with E-state index in [1.807, 2.05) is 26.0 Å². The van der Waals surface area contributed by atoms with E-state index in [2.05, 4.69) is 37.7 Å². The van der Waals surface area contributed by atoms with Gasteiger partial charge < -0.3 is 10.6 Å². The maximum absolute atomic E-state index is 13.1. The summed E-state index contributed by atoms with van der Waals surface area (Å²) in [5, 5.41) is 10.6. The average molecular weight is 475 g/mol. The Labute approximate surface area is 176 Å². The average Bonchev–Trinajstić information content (AvgIpc) is 3.37. The molecule has 2 N–H and O–H groups in total. The molecule has 1 heterocycles. The third kappa shape index (κ3) is 5.05. The fourth-order valence-electron chi connectivity index (χ4n) is 3.10. The van der Waals surface area contributed by atoms with Crippen molar-refractivity contribution in [2.45, 2.75) is 51.7 Å². The van der Waals surface area contributed by atoms with Gasteiger partial charge in [0.2, 0.25) is 0 Å². The molecule has 1 fully saturated rings. The molecule has 1 aliphatic rings. The summed E-state index contributed by atoms with van der Waals surface area (Å²) < 4.78 is 41.0. The number of halogens is 4. The van der Waals surface area contributed by atoms with Gasteiger partial charge in [0.05, 0.1) is 10.2 Å². The molecule has 2 aromatic rings. The van der Waals surface area contributed by atoms with Crippen LogP contribution in [-0.4, -0.2) is 21.4 Å². The lowest BCUT2D eigenvalue weighted by atomic mass is 10.1. The highest BCUT2D eigenvalue weighted by molar-refractivity contribution is 9.10. The summed E-state index contributed by atoms with van der Waals surface area (Å²) in [5.74, 6) is 0.165. The minimum absolute atomic E-state index is 0.0856. The largest absolute Gasteiger partial charge is 0.436 e. The minimum Gasteiger partial charge on any atom is -0.362 e. The van der Waals surface area contributed by atoms with Gasteiger partial charge in [0.1, 0.15) is 0 Å². The van der Waals surface area contributed by atoms with Crippen molar-refractivity contribution in [3.8, 4) is 0 Å². The molecule has 0 aliphatic heterocycles. The summed E-state index contributed by atoms with van der Waals surface area (Å²) in [5.41, 5.74) is 3.03. The van der Waals surface area contributed by atoms with E-state index in [-0.39, 0.29) is 10.4 Å². The first kappa shape index (κ1) is 21.1. The summed E-state index contributed by atoms with van der Waals surface area (Å²) in [4.78, 5) is 0. The fourth-order valence-corrected chi connectivity index (χ4v) is 4.15. The van der Waals surface area contributed by atoms with Crippen molar-refractivity contribution >= 4 is 38.9 Å². The predicted octanol–water partition coefficient (Wildman–Crippen LogP) is 5.54. The lowest BCUT2D eigenvalue weighted by Gasteiger charge is -2.13. The van der Waals surface area contributed by atoms with E-state index in [1.165, 1.54) is 10.2 Å². The Morgan fingerprint density at radius 1 is 1.32 bits per heavy atom. The Kier molecular flexibility index (Phi) is 6.34. The predicted molar refractivity (Wildman–Crippen MR) is 112 cm³/mol. The van der Waals surface area contributed by atoms with Crippen LogP contribution >= 0.6 is 28.1 Å². The molecule has 1 aliphatic carbocycles. The van der Waals surface area contributed by atoms with Crippen LogP contribution in [-0.2, 0) is 12.7 Å². The van der Waals surface area contributed by atoms with Crippen LogP contribution in [0.25, 0.3) is 0 Å². The van der Waals surface area contributed by atoms with Crippen molar-refractivity contribution in [1.29, 1.82) is 0 Å². The maximum atomic E-state index is 13.1. The van der Waals surface area contributed by atoms with Crippen LogP contribution < -0.4 is 10.6 Å². The number of hydrogen-bond acceptors (Lipinski definition) is 2. The van der Waals surface area contributed by atoms with Crippen LogP contribution in [0.5, 0.6) is 0 Å². The number of aromatic nitrogens is 2. The Balaban J connectivity index is 1.54. The highest BCUT2D eigenvalue weighted by atomic mass is 79.9. The molecule has 4 nitrogen and oxygen atoms in total. The molecule has 0 bridgehead atoms. The normalized spacial score (nSPS) is 14.2. The fraction of sp³-hybridized carbons (Fsp3) is 0.474. The van der Waals surface area contributed by atoms with Crippen molar-refractivity contribution < 1.29 is 13.2 Å². The molecule has 1 saturated carbocycles. The Morgan fingerprint density at radius 3 is 2.64 bits per heavy atom. The van der Waals surface area contributed by atoms with E-state index in [0.29, 0.717) is 30.3 Å². The Bertz CT molecular complexity index is 875. The van der Waals surface area contributed by atoms with Gasteiger partial charge in [0.25, 0.3) is 0 Å². The van der Waals surface area contributed by atoms with Gasteiger partial charge >= 0.3 is 6.18 Å². The first-order valence-electron chi connectivity index (χ1n) is 9.12. The Hall–Kier alpha value is -1.61. The zero-order valence-corrected chi connectivity index (χ0v) is 18.1. The highest BCUT2D eigenvalue weighted by Gasteiger charge is 2.41. The third-order valence-electron chi connectivity index (χ3n) is 4.63. The van der Waals surface area contributed by atoms with E-state index in [1.54, 1.807) is 0 Å². The minimum atomic E-state index is -4.46. The van der Waals surface area contributed by atoms with Gasteiger partial charge in [0, 0.05) is 24.7 Å². The number of alkyl halides is 3. The number of nitrogens with one attached hydrogen (secondary N) is 2. The van der Waals surface area contributed by atoms with Gasteiger partial charge in [-0.1, -0.05) is 17.7 Å². The third-order valence-corrected chi connectivity index (χ3v) is 5.65. The molecule has 1 aromatic carbocycles. The zero-order chi connectivity index (χ0) is 20.5. The summed E-state index contributed by atoms with van der Waals surface area (Å²) in [7, 11) is 0. The van der Waals surface area contributed by atoms with E-state index >= 15 is 0 Å². The monoisotopic (exact) mass is 474 g/mol. The second kappa shape index (κ2) is 8.41. The number of hydrogen-bond donors (Lipinski definition) is 2. The van der Waals surface area contributed by atoms with Crippen LogP contribution in [0.2, 0.25) is 0 Å².